The highest BCUT2D eigenvalue weighted by atomic mass is 16.5. The fourth-order valence-electron chi connectivity index (χ4n) is 2.44. The molecule has 0 saturated carbocycles. The molecule has 0 bridgehead atoms. The molecule has 0 aliphatic carbocycles. The second kappa shape index (κ2) is 7.95. The van der Waals surface area contributed by atoms with E-state index in [-0.39, 0.29) is 16.7 Å². The average Bonchev–Trinajstić information content (AvgIpc) is 2.64. The topological polar surface area (TPSA) is 69.7 Å². The summed E-state index contributed by atoms with van der Waals surface area (Å²) in [5, 5.41) is 0. The summed E-state index contributed by atoms with van der Waals surface area (Å²) in [6.45, 7) is 6.30. The van der Waals surface area contributed by atoms with Gasteiger partial charge in [-0.3, -0.25) is 9.59 Å². The summed E-state index contributed by atoms with van der Waals surface area (Å²) in [6, 6.07) is 13.8. The number of aldehydes is 1. The second-order valence-electron chi connectivity index (χ2n) is 6.86. The summed E-state index contributed by atoms with van der Waals surface area (Å²) in [7, 11) is 1.13. The largest absolute Gasteiger partial charge is 0.477 e. The summed E-state index contributed by atoms with van der Waals surface area (Å²) < 4.78 is 10.2. The van der Waals surface area contributed by atoms with Gasteiger partial charge in [0.2, 0.25) is 0 Å². The number of esters is 1. The first kappa shape index (κ1) is 19.4. The highest BCUT2D eigenvalue weighted by Crippen LogP contribution is 2.27. The van der Waals surface area contributed by atoms with Crippen molar-refractivity contribution >= 4 is 18.0 Å². The van der Waals surface area contributed by atoms with E-state index in [2.05, 4.69) is 25.5 Å². The third-order valence-corrected chi connectivity index (χ3v) is 3.99. The maximum absolute atomic E-state index is 12.1. The average molecular weight is 354 g/mol. The molecule has 5 nitrogen and oxygen atoms in total. The van der Waals surface area contributed by atoms with Gasteiger partial charge in [0.05, 0.1) is 12.7 Å². The van der Waals surface area contributed by atoms with Crippen LogP contribution < -0.4 is 4.74 Å². The Morgan fingerprint density at radius 1 is 1.00 bits per heavy atom. The van der Waals surface area contributed by atoms with Gasteiger partial charge < -0.3 is 9.47 Å². The zero-order valence-corrected chi connectivity index (χ0v) is 15.3. The first-order chi connectivity index (χ1) is 12.3. The molecule has 0 spiro atoms. The normalized spacial score (nSPS) is 12.2. The number of carbonyl (C=O) groups is 3. The van der Waals surface area contributed by atoms with Crippen LogP contribution in [0.5, 0.6) is 5.75 Å². The van der Waals surface area contributed by atoms with Crippen LogP contribution in [0.3, 0.4) is 0 Å². The number of carbonyl (C=O) groups excluding carboxylic acids is 3. The van der Waals surface area contributed by atoms with E-state index >= 15 is 0 Å². The molecule has 26 heavy (non-hydrogen) atoms. The predicted octanol–water partition coefficient (Wildman–Crippen LogP) is 3.66. The van der Waals surface area contributed by atoms with Crippen molar-refractivity contribution in [1.29, 1.82) is 0 Å². The molecule has 2 aromatic carbocycles. The Kier molecular flexibility index (Phi) is 5.93. The zero-order chi connectivity index (χ0) is 19.3. The van der Waals surface area contributed by atoms with Crippen LogP contribution in [0.4, 0.5) is 0 Å². The number of hydrogen-bond donors (Lipinski definition) is 0. The Morgan fingerprint density at radius 3 is 2.15 bits per heavy atom. The second-order valence-corrected chi connectivity index (χ2v) is 6.86. The van der Waals surface area contributed by atoms with Gasteiger partial charge in [-0.15, -0.1) is 0 Å². The molecule has 0 aromatic heterocycles. The van der Waals surface area contributed by atoms with Crippen molar-refractivity contribution in [3.05, 3.63) is 65.2 Å². The Labute approximate surface area is 152 Å². The molecular weight excluding hydrogens is 332 g/mol. The lowest BCUT2D eigenvalue weighted by Gasteiger charge is -2.21. The monoisotopic (exact) mass is 354 g/mol. The SMILES string of the molecule is COC(=O)C(=O)c1ccccc1OC(C=O)c1ccc(C(C)(C)C)cc1. The Balaban J connectivity index is 2.30. The molecule has 136 valence electrons. The summed E-state index contributed by atoms with van der Waals surface area (Å²) in [5.74, 6) is -1.66. The molecule has 0 N–H and O–H groups in total. The van der Waals surface area contributed by atoms with Gasteiger partial charge in [-0.25, -0.2) is 4.79 Å². The van der Waals surface area contributed by atoms with Gasteiger partial charge in [0, 0.05) is 0 Å². The minimum absolute atomic E-state index is 0.00437. The van der Waals surface area contributed by atoms with Crippen LogP contribution in [0.25, 0.3) is 0 Å². The molecule has 0 heterocycles. The Morgan fingerprint density at radius 2 is 1.62 bits per heavy atom. The van der Waals surface area contributed by atoms with Crippen LogP contribution in [0.2, 0.25) is 0 Å². The van der Waals surface area contributed by atoms with E-state index in [1.807, 2.05) is 24.3 Å². The Hall–Kier alpha value is -2.95. The Bertz CT molecular complexity index is 800. The van der Waals surface area contributed by atoms with Crippen LogP contribution in [0.15, 0.2) is 48.5 Å². The van der Waals surface area contributed by atoms with Crippen molar-refractivity contribution in [1.82, 2.24) is 0 Å². The van der Waals surface area contributed by atoms with Crippen molar-refractivity contribution in [2.24, 2.45) is 0 Å². The standard InChI is InChI=1S/C21H22O5/c1-21(2,3)15-11-9-14(10-12-15)18(13-22)26-17-8-6-5-7-16(17)19(23)20(24)25-4/h5-13,18H,1-4H3. The maximum Gasteiger partial charge on any atom is 0.379 e. The van der Waals surface area contributed by atoms with Crippen molar-refractivity contribution in [2.75, 3.05) is 7.11 Å². The number of Topliss-reactive ketones (excluding diaryl/α,β-unsaturated/α-hetero) is 1. The molecular formula is C21H22O5. The number of para-hydroxylation sites is 1. The lowest BCUT2D eigenvalue weighted by Crippen LogP contribution is -2.18. The number of methoxy groups -OCH3 is 1. The van der Waals surface area contributed by atoms with E-state index in [4.69, 9.17) is 4.74 Å². The predicted molar refractivity (Wildman–Crippen MR) is 97.4 cm³/mol. The number of hydrogen-bond acceptors (Lipinski definition) is 5. The first-order valence-corrected chi connectivity index (χ1v) is 8.22. The number of rotatable bonds is 6. The van der Waals surface area contributed by atoms with Gasteiger partial charge in [-0.05, 0) is 28.7 Å². The summed E-state index contributed by atoms with van der Waals surface area (Å²) >= 11 is 0. The lowest BCUT2D eigenvalue weighted by atomic mass is 9.86. The molecule has 2 aromatic rings. The third kappa shape index (κ3) is 4.36. The van der Waals surface area contributed by atoms with E-state index in [9.17, 15) is 14.4 Å². The number of ether oxygens (including phenoxy) is 2. The summed E-state index contributed by atoms with van der Waals surface area (Å²) in [5.41, 5.74) is 1.84. The highest BCUT2D eigenvalue weighted by Gasteiger charge is 2.23. The molecule has 0 aliphatic heterocycles. The van der Waals surface area contributed by atoms with Crippen LogP contribution in [0.1, 0.15) is 48.4 Å². The summed E-state index contributed by atoms with van der Waals surface area (Å²) in [4.78, 5) is 35.2. The molecule has 1 atom stereocenters. The van der Waals surface area contributed by atoms with Crippen molar-refractivity contribution < 1.29 is 23.9 Å². The van der Waals surface area contributed by atoms with Crippen LogP contribution in [0, 0.1) is 0 Å². The van der Waals surface area contributed by atoms with Gasteiger partial charge in [0.15, 0.2) is 12.4 Å². The first-order valence-electron chi connectivity index (χ1n) is 8.22. The van der Waals surface area contributed by atoms with E-state index in [1.54, 1.807) is 12.1 Å². The molecule has 0 aliphatic rings. The van der Waals surface area contributed by atoms with Crippen molar-refractivity contribution in [3.8, 4) is 5.75 Å². The fourth-order valence-corrected chi connectivity index (χ4v) is 2.44. The maximum atomic E-state index is 12.1. The minimum Gasteiger partial charge on any atom is -0.477 e. The van der Waals surface area contributed by atoms with E-state index in [1.165, 1.54) is 12.1 Å². The van der Waals surface area contributed by atoms with Crippen molar-refractivity contribution in [3.63, 3.8) is 0 Å². The van der Waals surface area contributed by atoms with Crippen LogP contribution in [-0.4, -0.2) is 25.1 Å². The van der Waals surface area contributed by atoms with Gasteiger partial charge in [-0.1, -0.05) is 57.2 Å². The third-order valence-electron chi connectivity index (χ3n) is 3.99. The molecule has 0 amide bonds. The molecule has 1 unspecified atom stereocenters. The minimum atomic E-state index is -0.988. The van der Waals surface area contributed by atoms with Gasteiger partial charge in [0.1, 0.15) is 5.75 Å². The number of benzene rings is 2. The van der Waals surface area contributed by atoms with E-state index in [0.29, 0.717) is 11.8 Å². The lowest BCUT2D eigenvalue weighted by molar-refractivity contribution is -0.135. The quantitative estimate of drug-likeness (QED) is 0.343. The molecule has 0 fully saturated rings. The van der Waals surface area contributed by atoms with Crippen molar-refractivity contribution in [2.45, 2.75) is 32.3 Å². The highest BCUT2D eigenvalue weighted by molar-refractivity contribution is 6.41. The van der Waals surface area contributed by atoms with Crippen LogP contribution >= 0.6 is 0 Å². The van der Waals surface area contributed by atoms with Gasteiger partial charge in [0.25, 0.3) is 5.78 Å². The molecule has 0 saturated heterocycles. The zero-order valence-electron chi connectivity index (χ0n) is 15.3. The number of ketones is 1. The van der Waals surface area contributed by atoms with Crippen LogP contribution in [-0.2, 0) is 19.7 Å². The van der Waals surface area contributed by atoms with E-state index < -0.39 is 17.9 Å². The molecule has 0 radical (unpaired) electrons. The smallest absolute Gasteiger partial charge is 0.379 e. The van der Waals surface area contributed by atoms with E-state index in [0.717, 1.165) is 12.7 Å². The molecule has 5 heteroatoms. The molecule has 2 rings (SSSR count). The van der Waals surface area contributed by atoms with Gasteiger partial charge >= 0.3 is 5.97 Å². The fraction of sp³-hybridized carbons (Fsp3) is 0.286. The summed E-state index contributed by atoms with van der Waals surface area (Å²) in [6.07, 6.45) is -0.235. The van der Waals surface area contributed by atoms with Gasteiger partial charge in [-0.2, -0.15) is 0 Å².